The van der Waals surface area contributed by atoms with Gasteiger partial charge in [0.05, 0.1) is 11.8 Å². The lowest BCUT2D eigenvalue weighted by Crippen LogP contribution is -2.31. The number of carbonyl (C=O) groups excluding carboxylic acids is 1. The summed E-state index contributed by atoms with van der Waals surface area (Å²) in [7, 11) is 0. The van der Waals surface area contributed by atoms with Crippen LogP contribution in [0.25, 0.3) is 12.2 Å². The summed E-state index contributed by atoms with van der Waals surface area (Å²) in [6, 6.07) is 14.4. The fraction of sp³-hybridized carbons (Fsp3) is 0.250. The SMILES string of the molecule is O=C(CSc1n[nH]c(/C=C/c2ccccc2)n1)N1CCCC1c1cccs1. The summed E-state index contributed by atoms with van der Waals surface area (Å²) >= 11 is 3.11. The minimum absolute atomic E-state index is 0.155. The van der Waals surface area contributed by atoms with Crippen LogP contribution in [0.2, 0.25) is 0 Å². The number of carbonyl (C=O) groups is 1. The smallest absolute Gasteiger partial charge is 0.233 e. The van der Waals surface area contributed by atoms with Gasteiger partial charge in [-0.05, 0) is 35.9 Å². The van der Waals surface area contributed by atoms with Crippen molar-refractivity contribution in [3.8, 4) is 0 Å². The van der Waals surface area contributed by atoms with E-state index in [0.29, 0.717) is 16.7 Å². The fourth-order valence-corrected chi connectivity index (χ4v) is 4.75. The summed E-state index contributed by atoms with van der Waals surface area (Å²) in [5, 5.41) is 9.78. The molecule has 27 heavy (non-hydrogen) atoms. The highest BCUT2D eigenvalue weighted by atomic mass is 32.2. The van der Waals surface area contributed by atoms with Gasteiger partial charge in [0.15, 0.2) is 0 Å². The van der Waals surface area contributed by atoms with E-state index < -0.39 is 0 Å². The molecule has 2 aromatic heterocycles. The van der Waals surface area contributed by atoms with Gasteiger partial charge in [-0.25, -0.2) is 4.98 Å². The van der Waals surface area contributed by atoms with Crippen LogP contribution in [-0.2, 0) is 4.79 Å². The van der Waals surface area contributed by atoms with Crippen LogP contribution in [0.5, 0.6) is 0 Å². The minimum atomic E-state index is 0.155. The molecule has 4 rings (SSSR count). The molecule has 1 amide bonds. The van der Waals surface area contributed by atoms with E-state index in [0.717, 1.165) is 24.9 Å². The van der Waals surface area contributed by atoms with Crippen LogP contribution >= 0.6 is 23.1 Å². The normalized spacial score (nSPS) is 17.0. The highest BCUT2D eigenvalue weighted by Crippen LogP contribution is 2.35. The number of benzene rings is 1. The van der Waals surface area contributed by atoms with E-state index >= 15 is 0 Å². The molecule has 1 aliphatic heterocycles. The third-order valence-corrected chi connectivity index (χ3v) is 6.29. The zero-order valence-electron chi connectivity index (χ0n) is 14.7. The molecular formula is C20H20N4OS2. The van der Waals surface area contributed by atoms with Crippen molar-refractivity contribution in [3.05, 3.63) is 64.1 Å². The number of nitrogens with zero attached hydrogens (tertiary/aromatic N) is 3. The Morgan fingerprint density at radius 2 is 2.15 bits per heavy atom. The molecule has 5 nitrogen and oxygen atoms in total. The number of likely N-dealkylation sites (tertiary alicyclic amines) is 1. The molecule has 7 heteroatoms. The second-order valence-electron chi connectivity index (χ2n) is 6.30. The molecule has 1 aromatic carbocycles. The van der Waals surface area contributed by atoms with Crippen molar-refractivity contribution in [1.29, 1.82) is 0 Å². The number of hydrogen-bond acceptors (Lipinski definition) is 5. The molecule has 1 saturated heterocycles. The lowest BCUT2D eigenvalue weighted by atomic mass is 10.2. The third kappa shape index (κ3) is 4.48. The molecule has 0 spiro atoms. The van der Waals surface area contributed by atoms with Gasteiger partial charge in [-0.2, -0.15) is 0 Å². The molecule has 1 atom stereocenters. The number of hydrogen-bond donors (Lipinski definition) is 1. The van der Waals surface area contributed by atoms with Gasteiger partial charge in [0.25, 0.3) is 0 Å². The molecule has 138 valence electrons. The van der Waals surface area contributed by atoms with E-state index in [2.05, 4.69) is 26.6 Å². The van der Waals surface area contributed by atoms with Crippen LogP contribution < -0.4 is 0 Å². The molecule has 3 aromatic rings. The van der Waals surface area contributed by atoms with Crippen molar-refractivity contribution in [2.24, 2.45) is 0 Å². The average molecular weight is 397 g/mol. The quantitative estimate of drug-likeness (QED) is 0.624. The zero-order valence-corrected chi connectivity index (χ0v) is 16.4. The molecule has 3 heterocycles. The summed E-state index contributed by atoms with van der Waals surface area (Å²) in [6.07, 6.45) is 5.98. The molecule has 1 fully saturated rings. The van der Waals surface area contributed by atoms with Gasteiger partial charge >= 0.3 is 0 Å². The van der Waals surface area contributed by atoms with E-state index in [-0.39, 0.29) is 11.9 Å². The van der Waals surface area contributed by atoms with Crippen LogP contribution in [0.15, 0.2) is 53.0 Å². The summed E-state index contributed by atoms with van der Waals surface area (Å²) in [5.74, 6) is 1.20. The molecule has 1 unspecified atom stereocenters. The summed E-state index contributed by atoms with van der Waals surface area (Å²) in [5.41, 5.74) is 1.10. The van der Waals surface area contributed by atoms with Gasteiger partial charge in [-0.1, -0.05) is 54.2 Å². The fourth-order valence-electron chi connectivity index (χ4n) is 3.19. The standard InChI is InChI=1S/C20H20N4OS2/c25-19(24-12-4-8-16(24)17-9-5-13-26-17)14-27-20-21-18(22-23-20)11-10-15-6-2-1-3-7-15/h1-3,5-7,9-11,13,16H,4,8,12,14H2,(H,21,22,23)/b11-10+. The van der Waals surface area contributed by atoms with E-state index in [1.54, 1.807) is 11.3 Å². The number of thiophene rings is 1. The predicted octanol–water partition coefficient (Wildman–Crippen LogP) is 4.49. The molecule has 0 saturated carbocycles. The van der Waals surface area contributed by atoms with Crippen LogP contribution in [0.3, 0.4) is 0 Å². The summed E-state index contributed by atoms with van der Waals surface area (Å²) in [4.78, 5) is 20.4. The van der Waals surface area contributed by atoms with Crippen molar-refractivity contribution in [3.63, 3.8) is 0 Å². The minimum Gasteiger partial charge on any atom is -0.334 e. The Kier molecular flexibility index (Phi) is 5.69. The van der Waals surface area contributed by atoms with Crippen LogP contribution in [0.4, 0.5) is 0 Å². The molecule has 1 N–H and O–H groups in total. The van der Waals surface area contributed by atoms with E-state index in [4.69, 9.17) is 0 Å². The van der Waals surface area contributed by atoms with Gasteiger partial charge in [-0.15, -0.1) is 16.4 Å². The zero-order chi connectivity index (χ0) is 18.5. The molecule has 0 bridgehead atoms. The largest absolute Gasteiger partial charge is 0.334 e. The Bertz CT molecular complexity index is 905. The van der Waals surface area contributed by atoms with Gasteiger partial charge in [0.1, 0.15) is 5.82 Å². The van der Waals surface area contributed by atoms with Crippen molar-refractivity contribution >= 4 is 41.2 Å². The van der Waals surface area contributed by atoms with E-state index in [9.17, 15) is 4.79 Å². The number of aromatic nitrogens is 3. The van der Waals surface area contributed by atoms with Crippen molar-refractivity contribution < 1.29 is 4.79 Å². The molecule has 0 aliphatic carbocycles. The molecule has 0 radical (unpaired) electrons. The van der Waals surface area contributed by atoms with Crippen molar-refractivity contribution in [2.45, 2.75) is 24.0 Å². The molecule has 1 aliphatic rings. The summed E-state index contributed by atoms with van der Waals surface area (Å²) in [6.45, 7) is 0.834. The first-order chi connectivity index (χ1) is 13.3. The Morgan fingerprint density at radius 1 is 1.26 bits per heavy atom. The number of rotatable bonds is 6. The predicted molar refractivity (Wildman–Crippen MR) is 110 cm³/mol. The maximum absolute atomic E-state index is 12.7. The first-order valence-electron chi connectivity index (χ1n) is 8.91. The summed E-state index contributed by atoms with van der Waals surface area (Å²) < 4.78 is 0. The number of thioether (sulfide) groups is 1. The third-order valence-electron chi connectivity index (χ3n) is 4.48. The lowest BCUT2D eigenvalue weighted by Gasteiger charge is -2.23. The van der Waals surface area contributed by atoms with Gasteiger partial charge in [0.2, 0.25) is 11.1 Å². The lowest BCUT2D eigenvalue weighted by molar-refractivity contribution is -0.129. The maximum atomic E-state index is 12.7. The molecular weight excluding hydrogens is 376 g/mol. The Morgan fingerprint density at radius 3 is 2.96 bits per heavy atom. The van der Waals surface area contributed by atoms with Gasteiger partial charge in [0, 0.05) is 11.4 Å². The highest BCUT2D eigenvalue weighted by molar-refractivity contribution is 7.99. The number of nitrogens with one attached hydrogen (secondary N) is 1. The van der Waals surface area contributed by atoms with Crippen molar-refractivity contribution in [1.82, 2.24) is 20.1 Å². The maximum Gasteiger partial charge on any atom is 0.233 e. The van der Waals surface area contributed by atoms with Gasteiger partial charge < -0.3 is 4.90 Å². The monoisotopic (exact) mass is 396 g/mol. The highest BCUT2D eigenvalue weighted by Gasteiger charge is 2.30. The van der Waals surface area contributed by atoms with E-state index in [1.165, 1.54) is 16.6 Å². The topological polar surface area (TPSA) is 61.9 Å². The first kappa shape index (κ1) is 18.0. The van der Waals surface area contributed by atoms with Crippen LogP contribution in [-0.4, -0.2) is 38.3 Å². The average Bonchev–Trinajstić information content (AvgIpc) is 3.46. The number of amides is 1. The number of aromatic amines is 1. The Labute approximate surface area is 166 Å². The number of H-pyrrole nitrogens is 1. The second kappa shape index (κ2) is 8.54. The first-order valence-corrected chi connectivity index (χ1v) is 10.8. The van der Waals surface area contributed by atoms with Crippen molar-refractivity contribution in [2.75, 3.05) is 12.3 Å². The van der Waals surface area contributed by atoms with E-state index in [1.807, 2.05) is 53.5 Å². The van der Waals surface area contributed by atoms with Crippen LogP contribution in [0, 0.1) is 0 Å². The van der Waals surface area contributed by atoms with Crippen LogP contribution in [0.1, 0.15) is 35.1 Å². The van der Waals surface area contributed by atoms with Gasteiger partial charge in [-0.3, -0.25) is 9.89 Å². The Balaban J connectivity index is 1.33. The Hall–Kier alpha value is -2.38. The second-order valence-corrected chi connectivity index (χ2v) is 8.22.